The topological polar surface area (TPSA) is 84.2 Å². The van der Waals surface area contributed by atoms with Crippen molar-refractivity contribution in [3.63, 3.8) is 0 Å². The van der Waals surface area contributed by atoms with Crippen molar-refractivity contribution >= 4 is 86.9 Å². The van der Waals surface area contributed by atoms with Crippen molar-refractivity contribution in [2.75, 3.05) is 16.4 Å². The molecule has 0 radical (unpaired) electrons. The first-order chi connectivity index (χ1) is 15.8. The molecule has 34 heavy (non-hydrogen) atoms. The monoisotopic (exact) mass is 561 g/mol. The summed E-state index contributed by atoms with van der Waals surface area (Å²) >= 11 is 30.9. The fraction of sp³-hybridized carbons (Fsp3) is 0.130. The fourth-order valence-corrected chi connectivity index (χ4v) is 4.20. The predicted molar refractivity (Wildman–Crippen MR) is 138 cm³/mol. The zero-order chi connectivity index (χ0) is 25.2. The van der Waals surface area contributed by atoms with Gasteiger partial charge in [0.25, 0.3) is 5.91 Å². The van der Waals surface area contributed by atoms with E-state index in [4.69, 9.17) is 63.7 Å². The van der Waals surface area contributed by atoms with Crippen molar-refractivity contribution in [2.45, 2.75) is 17.2 Å². The second-order valence-electron chi connectivity index (χ2n) is 7.47. The maximum absolute atomic E-state index is 13.6. The quantitative estimate of drug-likeness (QED) is 0.214. The standard InChI is InChI=1S/C23H17Cl5FN3O2/c1-23(27,28)20(11-2-4-18(25)19(26)6-11)22(34)31-14-3-5-17(24)16(10-14)21(33)32-15-8-12(29)7-13(30)9-15/h2-10,20H,30H2,1H3,(H,31,34)(H,32,33)/t20-/m0/s1. The molecule has 0 heterocycles. The lowest BCUT2D eigenvalue weighted by molar-refractivity contribution is -0.117. The Morgan fingerprint density at radius 1 is 0.882 bits per heavy atom. The molecule has 0 bridgehead atoms. The highest BCUT2D eigenvalue weighted by Gasteiger charge is 2.37. The van der Waals surface area contributed by atoms with Crippen LogP contribution in [0.2, 0.25) is 15.1 Å². The van der Waals surface area contributed by atoms with Gasteiger partial charge in [0.1, 0.15) is 10.2 Å². The molecule has 1 atom stereocenters. The summed E-state index contributed by atoms with van der Waals surface area (Å²) in [7, 11) is 0. The number of carbonyl (C=O) groups is 2. The van der Waals surface area contributed by atoms with Gasteiger partial charge < -0.3 is 16.4 Å². The lowest BCUT2D eigenvalue weighted by Crippen LogP contribution is -2.32. The second-order valence-corrected chi connectivity index (χ2v) is 10.5. The summed E-state index contributed by atoms with van der Waals surface area (Å²) in [5, 5.41) is 5.86. The van der Waals surface area contributed by atoms with Crippen LogP contribution < -0.4 is 16.4 Å². The molecular weight excluding hydrogens is 547 g/mol. The molecule has 0 aromatic heterocycles. The number of nitrogens with two attached hydrogens (primary N) is 1. The van der Waals surface area contributed by atoms with Crippen LogP contribution in [0.1, 0.15) is 28.8 Å². The van der Waals surface area contributed by atoms with E-state index in [1.54, 1.807) is 6.07 Å². The Hall–Kier alpha value is -2.22. The normalized spacial score (nSPS) is 12.2. The van der Waals surface area contributed by atoms with Crippen molar-refractivity contribution in [3.8, 4) is 0 Å². The van der Waals surface area contributed by atoms with E-state index in [9.17, 15) is 14.0 Å². The fourth-order valence-electron chi connectivity index (χ4n) is 3.24. The largest absolute Gasteiger partial charge is 0.399 e. The molecule has 178 valence electrons. The molecular formula is C23H17Cl5FN3O2. The van der Waals surface area contributed by atoms with E-state index in [0.29, 0.717) is 10.6 Å². The Balaban J connectivity index is 1.87. The lowest BCUT2D eigenvalue weighted by atomic mass is 9.94. The number of anilines is 3. The maximum atomic E-state index is 13.6. The van der Waals surface area contributed by atoms with Crippen molar-refractivity contribution < 1.29 is 14.0 Å². The Morgan fingerprint density at radius 2 is 1.56 bits per heavy atom. The molecule has 5 nitrogen and oxygen atoms in total. The number of hydrogen-bond acceptors (Lipinski definition) is 3. The highest BCUT2D eigenvalue weighted by Crippen LogP contribution is 2.40. The van der Waals surface area contributed by atoms with Crippen LogP contribution in [0.5, 0.6) is 0 Å². The van der Waals surface area contributed by atoms with Gasteiger partial charge in [0.2, 0.25) is 5.91 Å². The minimum Gasteiger partial charge on any atom is -0.399 e. The molecule has 11 heteroatoms. The molecule has 0 aliphatic carbocycles. The molecule has 3 aromatic rings. The highest BCUT2D eigenvalue weighted by atomic mass is 35.5. The summed E-state index contributed by atoms with van der Waals surface area (Å²) in [6.45, 7) is 1.47. The van der Waals surface area contributed by atoms with E-state index < -0.39 is 27.9 Å². The third kappa shape index (κ3) is 6.46. The maximum Gasteiger partial charge on any atom is 0.257 e. The minimum absolute atomic E-state index is 0.0351. The summed E-state index contributed by atoms with van der Waals surface area (Å²) < 4.78 is 12.1. The predicted octanol–water partition coefficient (Wildman–Crippen LogP) is 7.54. The smallest absolute Gasteiger partial charge is 0.257 e. The van der Waals surface area contributed by atoms with Crippen molar-refractivity contribution in [1.82, 2.24) is 0 Å². The molecule has 0 unspecified atom stereocenters. The SMILES string of the molecule is CC(Cl)(Cl)[C@H](C(=O)Nc1ccc(Cl)c(C(=O)Nc2cc(N)cc(F)c2)c1)c1ccc(Cl)c(Cl)c1. The molecule has 3 aromatic carbocycles. The van der Waals surface area contributed by atoms with Gasteiger partial charge in [-0.25, -0.2) is 4.39 Å². The number of carbonyl (C=O) groups excluding carboxylic acids is 2. The number of halogens is 6. The zero-order valence-electron chi connectivity index (χ0n) is 17.4. The van der Waals surface area contributed by atoms with Gasteiger partial charge in [0.05, 0.1) is 26.5 Å². The van der Waals surface area contributed by atoms with Crippen LogP contribution in [0.15, 0.2) is 54.6 Å². The van der Waals surface area contributed by atoms with E-state index in [-0.39, 0.29) is 32.7 Å². The molecule has 0 spiro atoms. The molecule has 0 fully saturated rings. The number of hydrogen-bond donors (Lipinski definition) is 3. The van der Waals surface area contributed by atoms with Crippen molar-refractivity contribution in [1.29, 1.82) is 0 Å². The lowest BCUT2D eigenvalue weighted by Gasteiger charge is -2.26. The second kappa shape index (κ2) is 10.6. The molecule has 0 aliphatic heterocycles. The molecule has 4 N–H and O–H groups in total. The van der Waals surface area contributed by atoms with E-state index in [0.717, 1.165) is 12.1 Å². The van der Waals surface area contributed by atoms with Crippen LogP contribution in [0, 0.1) is 5.82 Å². The average molecular weight is 564 g/mol. The van der Waals surface area contributed by atoms with Crippen molar-refractivity contribution in [2.24, 2.45) is 0 Å². The Morgan fingerprint density at radius 3 is 2.18 bits per heavy atom. The van der Waals surface area contributed by atoms with Crippen LogP contribution in [0.4, 0.5) is 21.5 Å². The van der Waals surface area contributed by atoms with Gasteiger partial charge in [0, 0.05) is 17.1 Å². The molecule has 0 saturated heterocycles. The van der Waals surface area contributed by atoms with Crippen LogP contribution in [0.25, 0.3) is 0 Å². The Kier molecular flexibility index (Phi) is 8.22. The summed E-state index contributed by atoms with van der Waals surface area (Å²) in [4.78, 5) is 25.9. The van der Waals surface area contributed by atoms with Crippen LogP contribution in [-0.4, -0.2) is 16.1 Å². The number of nitrogens with one attached hydrogen (secondary N) is 2. The summed E-state index contributed by atoms with van der Waals surface area (Å²) in [5.74, 6) is -2.83. The van der Waals surface area contributed by atoms with Gasteiger partial charge in [0.15, 0.2) is 0 Å². The van der Waals surface area contributed by atoms with Gasteiger partial charge in [-0.2, -0.15) is 0 Å². The molecule has 2 amide bonds. The van der Waals surface area contributed by atoms with Gasteiger partial charge in [-0.15, -0.1) is 23.2 Å². The Bertz CT molecular complexity index is 1240. The average Bonchev–Trinajstić information content (AvgIpc) is 2.70. The first kappa shape index (κ1) is 26.4. The van der Waals surface area contributed by atoms with Crippen LogP contribution >= 0.6 is 58.0 Å². The summed E-state index contributed by atoms with van der Waals surface area (Å²) in [5.41, 5.74) is 6.62. The minimum atomic E-state index is -1.51. The van der Waals surface area contributed by atoms with Gasteiger partial charge in [-0.1, -0.05) is 40.9 Å². The highest BCUT2D eigenvalue weighted by molar-refractivity contribution is 6.50. The first-order valence-corrected chi connectivity index (χ1v) is 11.5. The number of benzene rings is 3. The zero-order valence-corrected chi connectivity index (χ0v) is 21.2. The van der Waals surface area contributed by atoms with Crippen LogP contribution in [0.3, 0.4) is 0 Å². The number of amides is 2. The molecule has 3 rings (SSSR count). The van der Waals surface area contributed by atoms with Gasteiger partial charge >= 0.3 is 0 Å². The number of nitrogen functional groups attached to an aromatic ring is 1. The van der Waals surface area contributed by atoms with Gasteiger partial charge in [-0.05, 0) is 61.0 Å². The Labute approximate surface area is 220 Å². The van der Waals surface area contributed by atoms with E-state index in [2.05, 4.69) is 10.6 Å². The first-order valence-electron chi connectivity index (χ1n) is 9.65. The van der Waals surface area contributed by atoms with Crippen molar-refractivity contribution in [3.05, 3.63) is 86.6 Å². The summed E-state index contributed by atoms with van der Waals surface area (Å²) in [6.07, 6.45) is 0. The molecule has 0 saturated carbocycles. The number of rotatable bonds is 6. The van der Waals surface area contributed by atoms with Crippen LogP contribution in [-0.2, 0) is 4.79 Å². The van der Waals surface area contributed by atoms with E-state index in [1.165, 1.54) is 43.3 Å². The number of alkyl halides is 2. The third-order valence-corrected chi connectivity index (χ3v) is 6.21. The summed E-state index contributed by atoms with van der Waals surface area (Å²) in [6, 6.07) is 12.5. The van der Waals surface area contributed by atoms with E-state index >= 15 is 0 Å². The van der Waals surface area contributed by atoms with Gasteiger partial charge in [-0.3, -0.25) is 9.59 Å². The van der Waals surface area contributed by atoms with E-state index in [1.807, 2.05) is 0 Å². The third-order valence-electron chi connectivity index (χ3n) is 4.70. The molecule has 0 aliphatic rings.